The van der Waals surface area contributed by atoms with Gasteiger partial charge in [-0.3, -0.25) is 43.7 Å². The Hall–Kier alpha value is -6.90. The van der Waals surface area contributed by atoms with Crippen molar-refractivity contribution in [1.82, 2.24) is 46.7 Å². The Bertz CT molecular complexity index is 2410. The molecule has 5 rings (SSSR count). The lowest BCUT2D eigenvalue weighted by Crippen LogP contribution is -2.60. The Morgan fingerprint density at radius 2 is 1.51 bits per heavy atom. The molecular weight excluding hydrogens is 943 g/mol. The predicted octanol–water partition coefficient (Wildman–Crippen LogP) is 2.35. The summed E-state index contributed by atoms with van der Waals surface area (Å²) in [6.07, 6.45) is 9.38. The minimum atomic E-state index is -1.17. The number of hydrogen-bond donors (Lipinski definition) is 8. The van der Waals surface area contributed by atoms with Gasteiger partial charge >= 0.3 is 11.9 Å². The van der Waals surface area contributed by atoms with Crippen molar-refractivity contribution in [3.8, 4) is 0 Å². The fourth-order valence-electron chi connectivity index (χ4n) is 9.37. The number of carbonyl (C=O) groups excluding carboxylic acids is 9. The number of Topliss-reactive ketones (excluding diaryl/α,β-unsaturated/α-hetero) is 1. The van der Waals surface area contributed by atoms with Crippen molar-refractivity contribution in [2.24, 2.45) is 11.8 Å². The third-order valence-corrected chi connectivity index (χ3v) is 13.6. The number of benzene rings is 1. The number of methoxy groups -OCH3 is 1. The molecule has 398 valence electrons. The fourth-order valence-corrected chi connectivity index (χ4v) is 9.37. The Kier molecular flexibility index (Phi) is 21.3. The van der Waals surface area contributed by atoms with Crippen LogP contribution >= 0.6 is 0 Å². The molecule has 3 aliphatic heterocycles. The Morgan fingerprint density at radius 1 is 0.836 bits per heavy atom. The van der Waals surface area contributed by atoms with Gasteiger partial charge in [-0.1, -0.05) is 78.2 Å². The standard InChI is InChI=1S/C52H73N9O12/c1-7-9-17-36(55-45(64)37(19-12-13-22-43(63)73-6)56-47(66)38-27-33(62)29-54-38)46(65)59-44(31(5)8-2)49(68)58-39(25-30(3)4)50(69)60-23-14-20-41(60)48(67)57-40(51(70)61-24-15-21-42(61)52(71)72)26-32-28-53-35-18-11-10-16-34(32)35/h10-11,13,16,18,22,26,28,30-31,36-39,41-42,44,53-54H,7-9,12,14-15,17,19-21,23-25,27,29H2,1-6H3,(H,55,64)(H,56,66)(H,57,67)(H,58,68)(H,59,65)(H,71,72)/b22-13+,40-26+/t31?,36-,37-,38-,39-,41-,42-,44-/m0/s1. The average Bonchev–Trinajstić information content (AvgIpc) is 4.22. The van der Waals surface area contributed by atoms with E-state index in [2.05, 4.69) is 41.6 Å². The van der Waals surface area contributed by atoms with Crippen LogP contribution in [0.15, 0.2) is 48.3 Å². The molecule has 3 saturated heterocycles. The number of ketones is 1. The lowest BCUT2D eigenvalue weighted by molar-refractivity contribution is -0.147. The molecule has 0 saturated carbocycles. The highest BCUT2D eigenvalue weighted by Crippen LogP contribution is 2.26. The molecule has 7 amide bonds. The monoisotopic (exact) mass is 1020 g/mol. The first-order valence-electron chi connectivity index (χ1n) is 25.5. The third kappa shape index (κ3) is 15.6. The zero-order valence-corrected chi connectivity index (χ0v) is 42.8. The summed E-state index contributed by atoms with van der Waals surface area (Å²) in [5, 5.41) is 27.4. The SMILES string of the molecule is CCCC[C@H](NC(=O)[C@H](CC/C=C/C(=O)OC)NC(=O)[C@@H]1CC(=O)CN1)C(=O)N[C@H](C(=O)N[C@@H](CC(C)C)C(=O)N1CCC[C@H]1C(=O)N/C(=C/c1c[nH]c2ccccc12)C(=O)N1CCC[C@H]1C(=O)O)C(C)CC. The third-order valence-electron chi connectivity index (χ3n) is 13.6. The lowest BCUT2D eigenvalue weighted by atomic mass is 9.95. The van der Waals surface area contributed by atoms with Gasteiger partial charge in [-0.2, -0.15) is 0 Å². The van der Waals surface area contributed by atoms with Gasteiger partial charge in [0.05, 0.1) is 19.7 Å². The summed E-state index contributed by atoms with van der Waals surface area (Å²) in [6, 6.07) is -0.233. The number of unbranched alkanes of at least 4 members (excludes halogenated alkanes) is 1. The van der Waals surface area contributed by atoms with Crippen LogP contribution in [0, 0.1) is 11.8 Å². The molecule has 21 nitrogen and oxygen atoms in total. The van der Waals surface area contributed by atoms with Crippen molar-refractivity contribution < 1.29 is 57.8 Å². The first-order valence-corrected chi connectivity index (χ1v) is 25.5. The summed E-state index contributed by atoms with van der Waals surface area (Å²) < 4.78 is 4.64. The molecule has 3 aliphatic rings. The molecule has 0 aliphatic carbocycles. The van der Waals surface area contributed by atoms with Gasteiger partial charge < -0.3 is 51.2 Å². The number of fused-ring (bicyclic) bond motifs is 1. The van der Waals surface area contributed by atoms with Crippen molar-refractivity contribution in [1.29, 1.82) is 0 Å². The maximum absolute atomic E-state index is 14.7. The van der Waals surface area contributed by atoms with Crippen LogP contribution in [-0.4, -0.2) is 148 Å². The van der Waals surface area contributed by atoms with Gasteiger partial charge in [-0.15, -0.1) is 0 Å². The number of aromatic amines is 1. The van der Waals surface area contributed by atoms with E-state index in [4.69, 9.17) is 0 Å². The highest BCUT2D eigenvalue weighted by atomic mass is 16.5. The van der Waals surface area contributed by atoms with E-state index in [9.17, 15) is 53.1 Å². The van der Waals surface area contributed by atoms with Crippen molar-refractivity contribution in [3.63, 3.8) is 0 Å². The smallest absolute Gasteiger partial charge is 0.330 e. The maximum Gasteiger partial charge on any atom is 0.330 e. The summed E-state index contributed by atoms with van der Waals surface area (Å²) in [5.41, 5.74) is 1.21. The van der Waals surface area contributed by atoms with E-state index >= 15 is 0 Å². The summed E-state index contributed by atoms with van der Waals surface area (Å²) in [6.45, 7) is 9.62. The normalized spacial score (nSPS) is 20.1. The number of amides is 7. The van der Waals surface area contributed by atoms with Gasteiger partial charge in [0.15, 0.2) is 0 Å². The van der Waals surface area contributed by atoms with Crippen LogP contribution in [0.5, 0.6) is 0 Å². The van der Waals surface area contributed by atoms with E-state index in [-0.39, 0.29) is 82.0 Å². The highest BCUT2D eigenvalue weighted by molar-refractivity contribution is 6.06. The average molecular weight is 1020 g/mol. The Balaban J connectivity index is 1.34. The minimum Gasteiger partial charge on any atom is -0.480 e. The molecule has 0 spiro atoms. The maximum atomic E-state index is 14.7. The molecule has 21 heteroatoms. The number of H-pyrrole nitrogens is 1. The summed E-state index contributed by atoms with van der Waals surface area (Å²) in [7, 11) is 1.22. The molecule has 8 atom stereocenters. The van der Waals surface area contributed by atoms with Crippen molar-refractivity contribution in [2.45, 2.75) is 154 Å². The number of nitrogens with one attached hydrogen (secondary N) is 7. The van der Waals surface area contributed by atoms with Crippen molar-refractivity contribution in [3.05, 3.63) is 53.9 Å². The van der Waals surface area contributed by atoms with Crippen LogP contribution in [0.1, 0.15) is 117 Å². The summed E-state index contributed by atoms with van der Waals surface area (Å²) in [5.74, 6) is -6.96. The van der Waals surface area contributed by atoms with Crippen LogP contribution < -0.4 is 31.9 Å². The quantitative estimate of drug-likeness (QED) is 0.0524. The van der Waals surface area contributed by atoms with E-state index in [1.54, 1.807) is 13.1 Å². The number of para-hydroxylation sites is 1. The Morgan fingerprint density at radius 3 is 2.16 bits per heavy atom. The number of aliphatic carboxylic acids is 1. The first kappa shape index (κ1) is 57.0. The van der Waals surface area contributed by atoms with Crippen LogP contribution in [0.2, 0.25) is 0 Å². The van der Waals surface area contributed by atoms with Crippen molar-refractivity contribution >= 4 is 76.1 Å². The number of hydrogen-bond acceptors (Lipinski definition) is 12. The topological polar surface area (TPSA) is 295 Å². The fraction of sp³-hybridized carbons (Fsp3) is 0.577. The van der Waals surface area contributed by atoms with Crippen LogP contribution in [-0.2, 0) is 52.7 Å². The molecule has 0 radical (unpaired) electrons. The number of ether oxygens (including phenoxy) is 1. The highest BCUT2D eigenvalue weighted by Gasteiger charge is 2.42. The van der Waals surface area contributed by atoms with Crippen molar-refractivity contribution in [2.75, 3.05) is 26.7 Å². The first-order chi connectivity index (χ1) is 34.9. The number of carboxylic acids is 1. The minimum absolute atomic E-state index is 0.0108. The number of nitrogens with zero attached hydrogens (tertiary/aromatic N) is 2. The van der Waals surface area contributed by atoms with E-state index in [1.807, 2.05) is 52.0 Å². The van der Waals surface area contributed by atoms with Gasteiger partial charge in [-0.05, 0) is 75.3 Å². The molecule has 3 fully saturated rings. The molecule has 4 heterocycles. The largest absolute Gasteiger partial charge is 0.480 e. The second-order valence-electron chi connectivity index (χ2n) is 19.5. The summed E-state index contributed by atoms with van der Waals surface area (Å²) >= 11 is 0. The number of aromatic nitrogens is 1. The molecule has 73 heavy (non-hydrogen) atoms. The molecular formula is C52H73N9O12. The molecule has 8 N–H and O–H groups in total. The van der Waals surface area contributed by atoms with Crippen LogP contribution in [0.4, 0.5) is 0 Å². The molecule has 0 bridgehead atoms. The number of allylic oxidation sites excluding steroid dienone is 1. The van der Waals surface area contributed by atoms with Gasteiger partial charge in [0.2, 0.25) is 35.4 Å². The molecule has 1 unspecified atom stereocenters. The molecule has 1 aromatic carbocycles. The number of rotatable bonds is 25. The lowest BCUT2D eigenvalue weighted by Gasteiger charge is -2.32. The van der Waals surface area contributed by atoms with E-state index in [0.29, 0.717) is 37.7 Å². The molecule has 1 aromatic heterocycles. The van der Waals surface area contributed by atoms with Gasteiger partial charge in [0.25, 0.3) is 5.91 Å². The summed E-state index contributed by atoms with van der Waals surface area (Å²) in [4.78, 5) is 141. The Labute approximate surface area is 425 Å². The number of carbonyl (C=O) groups is 10. The number of likely N-dealkylation sites (tertiary alicyclic amines) is 2. The second kappa shape index (κ2) is 27.2. The zero-order valence-electron chi connectivity index (χ0n) is 42.8. The predicted molar refractivity (Wildman–Crippen MR) is 269 cm³/mol. The van der Waals surface area contributed by atoms with Gasteiger partial charge in [0, 0.05) is 48.2 Å². The van der Waals surface area contributed by atoms with E-state index in [1.165, 1.54) is 35.1 Å². The van der Waals surface area contributed by atoms with Gasteiger partial charge in [-0.25, -0.2) is 9.59 Å². The van der Waals surface area contributed by atoms with Crippen LogP contribution in [0.25, 0.3) is 17.0 Å². The number of carboxylic acid groups (broad SMARTS) is 1. The number of esters is 1. The van der Waals surface area contributed by atoms with Gasteiger partial charge in [0.1, 0.15) is 47.7 Å². The second-order valence-corrected chi connectivity index (χ2v) is 19.5. The van der Waals surface area contributed by atoms with E-state index in [0.717, 1.165) is 10.9 Å². The van der Waals surface area contributed by atoms with E-state index < -0.39 is 101 Å². The zero-order chi connectivity index (χ0) is 53.4. The van der Waals surface area contributed by atoms with Crippen LogP contribution in [0.3, 0.4) is 0 Å². The molecule has 2 aromatic rings.